The van der Waals surface area contributed by atoms with Crippen molar-refractivity contribution in [2.75, 3.05) is 0 Å². The smallest absolute Gasteiger partial charge is 0.126 e. The summed E-state index contributed by atoms with van der Waals surface area (Å²) in [5.74, 6) is -0.243. The molecular formula is C17H19FO. The van der Waals surface area contributed by atoms with E-state index in [1.165, 1.54) is 11.6 Å². The van der Waals surface area contributed by atoms with Gasteiger partial charge in [0, 0.05) is 0 Å². The van der Waals surface area contributed by atoms with Crippen molar-refractivity contribution in [3.05, 3.63) is 69.5 Å². The summed E-state index contributed by atoms with van der Waals surface area (Å²) in [5.41, 5.74) is 5.58. The van der Waals surface area contributed by atoms with Gasteiger partial charge in [0.25, 0.3) is 0 Å². The van der Waals surface area contributed by atoms with E-state index in [-0.39, 0.29) is 5.82 Å². The van der Waals surface area contributed by atoms with Crippen molar-refractivity contribution >= 4 is 0 Å². The first kappa shape index (κ1) is 13.8. The second-order valence-corrected chi connectivity index (χ2v) is 5.20. The van der Waals surface area contributed by atoms with Crippen LogP contribution in [-0.4, -0.2) is 5.11 Å². The summed E-state index contributed by atoms with van der Waals surface area (Å²) in [4.78, 5) is 0. The molecule has 0 bridgehead atoms. The predicted molar refractivity (Wildman–Crippen MR) is 75.9 cm³/mol. The molecule has 0 radical (unpaired) electrons. The maximum absolute atomic E-state index is 13.3. The minimum atomic E-state index is -0.710. The van der Waals surface area contributed by atoms with Gasteiger partial charge in [0.15, 0.2) is 0 Å². The van der Waals surface area contributed by atoms with E-state index in [4.69, 9.17) is 0 Å². The Labute approximate surface area is 113 Å². The molecule has 1 nitrogen and oxygen atoms in total. The average molecular weight is 258 g/mol. The Kier molecular flexibility index (Phi) is 3.72. The molecule has 1 atom stereocenters. The molecule has 0 saturated carbocycles. The minimum absolute atomic E-state index is 0.243. The van der Waals surface area contributed by atoms with E-state index in [0.29, 0.717) is 5.56 Å². The van der Waals surface area contributed by atoms with Crippen LogP contribution in [-0.2, 0) is 0 Å². The van der Waals surface area contributed by atoms with Gasteiger partial charge in [-0.2, -0.15) is 0 Å². The molecule has 0 saturated heterocycles. The maximum Gasteiger partial charge on any atom is 0.126 e. The van der Waals surface area contributed by atoms with Crippen molar-refractivity contribution in [1.29, 1.82) is 0 Å². The molecular weight excluding hydrogens is 239 g/mol. The predicted octanol–water partition coefficient (Wildman–Crippen LogP) is 4.14. The van der Waals surface area contributed by atoms with Gasteiger partial charge in [-0.3, -0.25) is 0 Å². The number of aliphatic hydroxyl groups is 1. The lowest BCUT2D eigenvalue weighted by Crippen LogP contribution is -2.04. The fraction of sp³-hybridized carbons (Fsp3) is 0.294. The third kappa shape index (κ3) is 2.69. The van der Waals surface area contributed by atoms with Gasteiger partial charge in [-0.1, -0.05) is 24.3 Å². The van der Waals surface area contributed by atoms with Gasteiger partial charge in [-0.15, -0.1) is 0 Å². The maximum atomic E-state index is 13.3. The highest BCUT2D eigenvalue weighted by atomic mass is 19.1. The second kappa shape index (κ2) is 5.14. The largest absolute Gasteiger partial charge is 0.384 e. The average Bonchev–Trinajstić information content (AvgIpc) is 2.36. The van der Waals surface area contributed by atoms with Crippen LogP contribution in [0.25, 0.3) is 0 Å². The molecule has 0 aliphatic heterocycles. The number of aryl methyl sites for hydroxylation is 4. The SMILES string of the molecule is Cc1cc(C)c(C(O)c2ccc(F)c(C)c2)cc1C. The Hall–Kier alpha value is -1.67. The van der Waals surface area contributed by atoms with Crippen molar-refractivity contribution in [2.24, 2.45) is 0 Å². The quantitative estimate of drug-likeness (QED) is 0.858. The highest BCUT2D eigenvalue weighted by Gasteiger charge is 2.15. The molecule has 1 N–H and O–H groups in total. The first-order chi connectivity index (χ1) is 8.90. The zero-order valence-corrected chi connectivity index (χ0v) is 11.8. The standard InChI is InChI=1S/C17H19FO/c1-10-7-12(3)15(9-11(10)2)17(19)14-5-6-16(18)13(4)8-14/h5-9,17,19H,1-4H3. The third-order valence-electron chi connectivity index (χ3n) is 3.67. The van der Waals surface area contributed by atoms with E-state index < -0.39 is 6.10 Å². The monoisotopic (exact) mass is 258 g/mol. The molecule has 0 heterocycles. The molecule has 0 fully saturated rings. The number of aliphatic hydroxyl groups excluding tert-OH is 1. The highest BCUT2D eigenvalue weighted by molar-refractivity contribution is 5.42. The van der Waals surface area contributed by atoms with E-state index in [0.717, 1.165) is 22.3 Å². The zero-order chi connectivity index (χ0) is 14.2. The number of benzene rings is 2. The van der Waals surface area contributed by atoms with Gasteiger partial charge < -0.3 is 5.11 Å². The number of hydrogen-bond acceptors (Lipinski definition) is 1. The van der Waals surface area contributed by atoms with Gasteiger partial charge in [0.1, 0.15) is 11.9 Å². The Bertz CT molecular complexity index is 617. The Balaban J connectivity index is 2.46. The Morgan fingerprint density at radius 1 is 0.842 bits per heavy atom. The Morgan fingerprint density at radius 2 is 1.47 bits per heavy atom. The van der Waals surface area contributed by atoms with Gasteiger partial charge in [-0.05, 0) is 67.1 Å². The summed E-state index contributed by atoms with van der Waals surface area (Å²) in [6, 6.07) is 8.83. The first-order valence-electron chi connectivity index (χ1n) is 6.42. The molecule has 0 aromatic heterocycles. The van der Waals surface area contributed by atoms with Crippen LogP contribution in [0, 0.1) is 33.5 Å². The first-order valence-corrected chi connectivity index (χ1v) is 6.42. The van der Waals surface area contributed by atoms with Crippen LogP contribution in [0.3, 0.4) is 0 Å². The summed E-state index contributed by atoms with van der Waals surface area (Å²) >= 11 is 0. The molecule has 2 aromatic rings. The van der Waals surface area contributed by atoms with Gasteiger partial charge in [-0.25, -0.2) is 4.39 Å². The van der Waals surface area contributed by atoms with Crippen molar-refractivity contribution < 1.29 is 9.50 Å². The number of hydrogen-bond donors (Lipinski definition) is 1. The zero-order valence-electron chi connectivity index (χ0n) is 11.8. The molecule has 0 aliphatic carbocycles. The van der Waals surface area contributed by atoms with Crippen LogP contribution in [0.15, 0.2) is 30.3 Å². The van der Waals surface area contributed by atoms with Crippen molar-refractivity contribution in [3.63, 3.8) is 0 Å². The van der Waals surface area contributed by atoms with Crippen LogP contribution < -0.4 is 0 Å². The van der Waals surface area contributed by atoms with Crippen LogP contribution in [0.2, 0.25) is 0 Å². The fourth-order valence-electron chi connectivity index (χ4n) is 2.29. The molecule has 0 spiro atoms. The second-order valence-electron chi connectivity index (χ2n) is 5.20. The topological polar surface area (TPSA) is 20.2 Å². The van der Waals surface area contributed by atoms with Gasteiger partial charge in [0.2, 0.25) is 0 Å². The van der Waals surface area contributed by atoms with Crippen molar-refractivity contribution in [3.8, 4) is 0 Å². The lowest BCUT2D eigenvalue weighted by Gasteiger charge is -2.17. The number of rotatable bonds is 2. The lowest BCUT2D eigenvalue weighted by atomic mass is 9.93. The highest BCUT2D eigenvalue weighted by Crippen LogP contribution is 2.28. The molecule has 2 heteroatoms. The molecule has 19 heavy (non-hydrogen) atoms. The Morgan fingerprint density at radius 3 is 2.11 bits per heavy atom. The fourth-order valence-corrected chi connectivity index (χ4v) is 2.29. The molecule has 2 rings (SSSR count). The molecule has 0 amide bonds. The summed E-state index contributed by atoms with van der Waals surface area (Å²) in [5, 5.41) is 10.5. The van der Waals surface area contributed by atoms with Crippen LogP contribution in [0.1, 0.15) is 39.5 Å². The van der Waals surface area contributed by atoms with E-state index in [2.05, 4.69) is 13.0 Å². The summed E-state index contributed by atoms with van der Waals surface area (Å²) < 4.78 is 13.3. The third-order valence-corrected chi connectivity index (χ3v) is 3.67. The van der Waals surface area contributed by atoms with Crippen molar-refractivity contribution in [1.82, 2.24) is 0 Å². The minimum Gasteiger partial charge on any atom is -0.384 e. The van der Waals surface area contributed by atoms with E-state index in [1.54, 1.807) is 19.1 Å². The molecule has 1 unspecified atom stereocenters. The summed E-state index contributed by atoms with van der Waals surface area (Å²) in [6.07, 6.45) is -0.710. The summed E-state index contributed by atoms with van der Waals surface area (Å²) in [6.45, 7) is 7.78. The van der Waals surface area contributed by atoms with E-state index >= 15 is 0 Å². The number of halogens is 1. The molecule has 2 aromatic carbocycles. The lowest BCUT2D eigenvalue weighted by molar-refractivity contribution is 0.219. The molecule has 100 valence electrons. The van der Waals surface area contributed by atoms with Crippen LogP contribution in [0.4, 0.5) is 4.39 Å². The van der Waals surface area contributed by atoms with Crippen LogP contribution in [0.5, 0.6) is 0 Å². The summed E-state index contributed by atoms with van der Waals surface area (Å²) in [7, 11) is 0. The van der Waals surface area contributed by atoms with E-state index in [9.17, 15) is 9.50 Å². The van der Waals surface area contributed by atoms with E-state index in [1.807, 2.05) is 19.9 Å². The van der Waals surface area contributed by atoms with Crippen LogP contribution >= 0.6 is 0 Å². The normalized spacial score (nSPS) is 12.5. The molecule has 0 aliphatic rings. The van der Waals surface area contributed by atoms with Crippen molar-refractivity contribution in [2.45, 2.75) is 33.8 Å². The van der Waals surface area contributed by atoms with Gasteiger partial charge >= 0.3 is 0 Å². The van der Waals surface area contributed by atoms with Gasteiger partial charge in [0.05, 0.1) is 0 Å².